The molecule has 3 rings (SSSR count). The average molecular weight is 370 g/mol. The normalized spacial score (nSPS) is 12.1. The molecule has 0 radical (unpaired) electrons. The van der Waals surface area contributed by atoms with Gasteiger partial charge in [0, 0.05) is 5.56 Å². The second-order valence-electron chi connectivity index (χ2n) is 6.39. The summed E-state index contributed by atoms with van der Waals surface area (Å²) in [4.78, 5) is 25.5. The van der Waals surface area contributed by atoms with E-state index < -0.39 is 0 Å². The molecule has 0 saturated heterocycles. The number of carbonyl (C=O) groups excluding carboxylic acids is 2. The highest BCUT2D eigenvalue weighted by molar-refractivity contribution is 6.05. The first-order valence-corrected chi connectivity index (χ1v) is 9.12. The van der Waals surface area contributed by atoms with Gasteiger partial charge in [-0.25, -0.2) is 0 Å². The van der Waals surface area contributed by atoms with E-state index in [0.29, 0.717) is 5.56 Å². The minimum Gasteiger partial charge on any atom is -0.344 e. The van der Waals surface area contributed by atoms with E-state index in [9.17, 15) is 9.59 Å². The summed E-state index contributed by atoms with van der Waals surface area (Å²) < 4.78 is 0. The van der Waals surface area contributed by atoms with Crippen LogP contribution in [0.3, 0.4) is 0 Å². The number of benzene rings is 3. The molecule has 0 unspecified atom stereocenters. The molecule has 0 heterocycles. The Hall–Kier alpha value is -3.66. The molecule has 0 aliphatic rings. The first-order valence-electron chi connectivity index (χ1n) is 9.12. The number of nitrogens with one attached hydrogen (secondary N) is 2. The first kappa shape index (κ1) is 19.1. The van der Waals surface area contributed by atoms with Crippen molar-refractivity contribution in [3.63, 3.8) is 0 Å². The van der Waals surface area contributed by atoms with Crippen LogP contribution in [0.1, 0.15) is 34.5 Å². The van der Waals surface area contributed by atoms with Crippen LogP contribution in [0.15, 0.2) is 96.7 Å². The molecule has 0 fully saturated rings. The van der Waals surface area contributed by atoms with Crippen molar-refractivity contribution in [2.45, 2.75) is 13.0 Å². The Labute approximate surface area is 164 Å². The third-order valence-corrected chi connectivity index (χ3v) is 4.29. The van der Waals surface area contributed by atoms with E-state index in [1.165, 1.54) is 0 Å². The lowest BCUT2D eigenvalue weighted by Crippen LogP contribution is -2.36. The van der Waals surface area contributed by atoms with Crippen LogP contribution in [0.5, 0.6) is 0 Å². The first-order chi connectivity index (χ1) is 13.6. The van der Waals surface area contributed by atoms with Crippen LogP contribution in [-0.4, -0.2) is 11.8 Å². The molecule has 0 aliphatic carbocycles. The van der Waals surface area contributed by atoms with Gasteiger partial charge in [0.2, 0.25) is 0 Å². The number of hydrogen-bond acceptors (Lipinski definition) is 2. The molecule has 140 valence electrons. The molecule has 0 bridgehead atoms. The Morgan fingerprint density at radius 2 is 1.32 bits per heavy atom. The highest BCUT2D eigenvalue weighted by Crippen LogP contribution is 2.13. The molecule has 3 aromatic carbocycles. The second-order valence-corrected chi connectivity index (χ2v) is 6.39. The minimum atomic E-state index is -0.343. The smallest absolute Gasteiger partial charge is 0.268 e. The molecule has 4 nitrogen and oxygen atoms in total. The van der Waals surface area contributed by atoms with Crippen molar-refractivity contribution in [3.05, 3.63) is 113 Å². The van der Waals surface area contributed by atoms with Crippen molar-refractivity contribution < 1.29 is 9.59 Å². The van der Waals surface area contributed by atoms with Crippen LogP contribution in [0.4, 0.5) is 0 Å². The maximum Gasteiger partial charge on any atom is 0.268 e. The summed E-state index contributed by atoms with van der Waals surface area (Å²) in [6.45, 7) is 1.91. The molecule has 2 amide bonds. The van der Waals surface area contributed by atoms with Gasteiger partial charge >= 0.3 is 0 Å². The fourth-order valence-electron chi connectivity index (χ4n) is 2.76. The van der Waals surface area contributed by atoms with Crippen molar-refractivity contribution in [2.75, 3.05) is 0 Å². The van der Waals surface area contributed by atoms with E-state index in [1.807, 2.05) is 73.7 Å². The quantitative estimate of drug-likeness (QED) is 0.634. The van der Waals surface area contributed by atoms with Crippen molar-refractivity contribution in [1.29, 1.82) is 0 Å². The van der Waals surface area contributed by atoms with Crippen molar-refractivity contribution in [1.82, 2.24) is 10.6 Å². The Morgan fingerprint density at radius 3 is 1.93 bits per heavy atom. The van der Waals surface area contributed by atoms with E-state index in [2.05, 4.69) is 10.6 Å². The lowest BCUT2D eigenvalue weighted by atomic mass is 10.1. The van der Waals surface area contributed by atoms with E-state index in [-0.39, 0.29) is 23.6 Å². The van der Waals surface area contributed by atoms with Gasteiger partial charge in [0.05, 0.1) is 6.04 Å². The third kappa shape index (κ3) is 5.17. The van der Waals surface area contributed by atoms with E-state index in [0.717, 1.165) is 11.1 Å². The summed E-state index contributed by atoms with van der Waals surface area (Å²) in [5.41, 5.74) is 2.51. The van der Waals surface area contributed by atoms with Gasteiger partial charge in [0.1, 0.15) is 5.70 Å². The zero-order valence-electron chi connectivity index (χ0n) is 15.6. The van der Waals surface area contributed by atoms with Gasteiger partial charge in [0.15, 0.2) is 0 Å². The van der Waals surface area contributed by atoms with Crippen molar-refractivity contribution in [3.8, 4) is 0 Å². The van der Waals surface area contributed by atoms with Gasteiger partial charge in [-0.2, -0.15) is 0 Å². The molecule has 1 atom stereocenters. The average Bonchev–Trinajstić information content (AvgIpc) is 2.75. The number of rotatable bonds is 6. The summed E-state index contributed by atoms with van der Waals surface area (Å²) in [7, 11) is 0. The molecular formula is C24H22N2O2. The van der Waals surface area contributed by atoms with Gasteiger partial charge in [-0.15, -0.1) is 0 Å². The predicted molar refractivity (Wildman–Crippen MR) is 111 cm³/mol. The molecule has 0 aliphatic heterocycles. The van der Waals surface area contributed by atoms with E-state index in [1.54, 1.807) is 30.3 Å². The lowest BCUT2D eigenvalue weighted by molar-refractivity contribution is -0.118. The zero-order valence-corrected chi connectivity index (χ0v) is 15.6. The summed E-state index contributed by atoms with van der Waals surface area (Å²) in [6, 6.07) is 27.7. The monoisotopic (exact) mass is 370 g/mol. The molecule has 0 aromatic heterocycles. The Kier molecular flexibility index (Phi) is 6.37. The van der Waals surface area contributed by atoms with E-state index >= 15 is 0 Å². The molecule has 0 spiro atoms. The molecule has 28 heavy (non-hydrogen) atoms. The topological polar surface area (TPSA) is 58.2 Å². The number of amides is 2. The van der Waals surface area contributed by atoms with Crippen LogP contribution >= 0.6 is 0 Å². The highest BCUT2D eigenvalue weighted by Gasteiger charge is 2.17. The van der Waals surface area contributed by atoms with E-state index in [4.69, 9.17) is 0 Å². The summed E-state index contributed by atoms with van der Waals surface area (Å²) >= 11 is 0. The van der Waals surface area contributed by atoms with Crippen LogP contribution in [-0.2, 0) is 4.79 Å². The van der Waals surface area contributed by atoms with Gasteiger partial charge in [-0.1, -0.05) is 78.9 Å². The largest absolute Gasteiger partial charge is 0.344 e. The van der Waals surface area contributed by atoms with Gasteiger partial charge < -0.3 is 10.6 Å². The van der Waals surface area contributed by atoms with Crippen LogP contribution in [0.2, 0.25) is 0 Å². The van der Waals surface area contributed by atoms with Gasteiger partial charge in [-0.05, 0) is 36.3 Å². The summed E-state index contributed by atoms with van der Waals surface area (Å²) in [5, 5.41) is 5.70. The number of carbonyl (C=O) groups is 2. The Balaban J connectivity index is 1.82. The summed E-state index contributed by atoms with van der Waals surface area (Å²) in [5.74, 6) is -0.671. The Morgan fingerprint density at radius 1 is 0.786 bits per heavy atom. The van der Waals surface area contributed by atoms with Crippen LogP contribution in [0.25, 0.3) is 6.08 Å². The second kappa shape index (κ2) is 9.33. The standard InChI is InChI=1S/C24H22N2O2/c1-18(20-13-7-3-8-14-20)25-24(28)22(17-19-11-5-2-6-12-19)26-23(27)21-15-9-4-10-16-21/h2-18H,1H3,(H,25,28)(H,26,27)/b22-17-/t18-/m1/s1. The Bertz CT molecular complexity index is 952. The molecule has 0 saturated carbocycles. The maximum absolute atomic E-state index is 12.9. The minimum absolute atomic E-state index is 0.193. The fraction of sp³-hybridized carbons (Fsp3) is 0.0833. The lowest BCUT2D eigenvalue weighted by Gasteiger charge is -2.16. The van der Waals surface area contributed by atoms with Crippen molar-refractivity contribution >= 4 is 17.9 Å². The molecule has 2 N–H and O–H groups in total. The van der Waals surface area contributed by atoms with Gasteiger partial charge in [-0.3, -0.25) is 9.59 Å². The predicted octanol–water partition coefficient (Wildman–Crippen LogP) is 4.33. The fourth-order valence-corrected chi connectivity index (χ4v) is 2.76. The third-order valence-electron chi connectivity index (χ3n) is 4.29. The molecular weight excluding hydrogens is 348 g/mol. The van der Waals surface area contributed by atoms with Gasteiger partial charge in [0.25, 0.3) is 11.8 Å². The molecule has 3 aromatic rings. The van der Waals surface area contributed by atoms with Crippen LogP contribution in [0, 0.1) is 0 Å². The molecule has 4 heteroatoms. The van der Waals surface area contributed by atoms with Crippen LogP contribution < -0.4 is 10.6 Å². The zero-order chi connectivity index (χ0) is 19.8. The summed E-state index contributed by atoms with van der Waals surface area (Å²) in [6.07, 6.45) is 1.67. The number of hydrogen-bond donors (Lipinski definition) is 2. The highest BCUT2D eigenvalue weighted by atomic mass is 16.2. The van der Waals surface area contributed by atoms with Crippen molar-refractivity contribution in [2.24, 2.45) is 0 Å². The maximum atomic E-state index is 12.9. The SMILES string of the molecule is C[C@@H](NC(=O)/C(=C/c1ccccc1)NC(=O)c1ccccc1)c1ccccc1.